The molecule has 0 saturated carbocycles. The summed E-state index contributed by atoms with van der Waals surface area (Å²) >= 11 is 11.8. The van der Waals surface area contributed by atoms with E-state index in [0.717, 1.165) is 10.6 Å². The number of carbonyl (C=O) groups excluding carboxylic acids is 2. The molecular formula is C19H20Cl2N4O4S. The van der Waals surface area contributed by atoms with Crippen molar-refractivity contribution in [3.05, 3.63) is 58.1 Å². The van der Waals surface area contributed by atoms with E-state index in [9.17, 15) is 18.0 Å². The maximum atomic E-state index is 12.3. The molecule has 8 nitrogen and oxygen atoms in total. The van der Waals surface area contributed by atoms with Gasteiger partial charge in [0.1, 0.15) is 6.54 Å². The molecule has 30 heavy (non-hydrogen) atoms. The molecule has 2 rings (SSSR count). The molecule has 0 radical (unpaired) electrons. The normalized spacial score (nSPS) is 11.7. The number of rotatable bonds is 7. The zero-order valence-electron chi connectivity index (χ0n) is 16.4. The Morgan fingerprint density at radius 2 is 1.67 bits per heavy atom. The molecule has 2 amide bonds. The molecule has 0 aliphatic rings. The van der Waals surface area contributed by atoms with E-state index >= 15 is 0 Å². The molecule has 0 fully saturated rings. The minimum Gasteiger partial charge on any atom is -0.326 e. The highest BCUT2D eigenvalue weighted by atomic mass is 35.5. The fraction of sp³-hybridized carbons (Fsp3) is 0.211. The Morgan fingerprint density at radius 1 is 1.03 bits per heavy atom. The van der Waals surface area contributed by atoms with E-state index < -0.39 is 22.5 Å². The Labute approximate surface area is 184 Å². The van der Waals surface area contributed by atoms with Crippen LogP contribution in [0.25, 0.3) is 0 Å². The first kappa shape index (κ1) is 23.7. The molecule has 2 N–H and O–H groups in total. The van der Waals surface area contributed by atoms with Crippen LogP contribution in [0.5, 0.6) is 0 Å². The summed E-state index contributed by atoms with van der Waals surface area (Å²) < 4.78 is 25.2. The minimum absolute atomic E-state index is 0.166. The van der Waals surface area contributed by atoms with Gasteiger partial charge in [0.25, 0.3) is 5.91 Å². The van der Waals surface area contributed by atoms with Crippen LogP contribution in [-0.4, -0.2) is 38.7 Å². The van der Waals surface area contributed by atoms with Crippen LogP contribution in [0.15, 0.2) is 47.6 Å². The number of hydrazone groups is 1. The second kappa shape index (κ2) is 9.92. The molecule has 2 aromatic carbocycles. The van der Waals surface area contributed by atoms with Gasteiger partial charge >= 0.3 is 0 Å². The van der Waals surface area contributed by atoms with Crippen LogP contribution < -0.4 is 15.0 Å². The van der Waals surface area contributed by atoms with Crippen molar-refractivity contribution in [1.29, 1.82) is 0 Å². The zero-order chi connectivity index (χ0) is 22.5. The van der Waals surface area contributed by atoms with Gasteiger partial charge in [-0.2, -0.15) is 5.10 Å². The molecule has 11 heteroatoms. The van der Waals surface area contributed by atoms with Crippen LogP contribution in [0.2, 0.25) is 10.0 Å². The molecule has 160 valence electrons. The van der Waals surface area contributed by atoms with Crippen molar-refractivity contribution in [1.82, 2.24) is 5.43 Å². The number of benzene rings is 2. The van der Waals surface area contributed by atoms with Gasteiger partial charge in [0.2, 0.25) is 15.9 Å². The van der Waals surface area contributed by atoms with Crippen molar-refractivity contribution in [2.45, 2.75) is 13.8 Å². The minimum atomic E-state index is -3.76. The molecule has 0 unspecified atom stereocenters. The van der Waals surface area contributed by atoms with Gasteiger partial charge in [-0.15, -0.1) is 0 Å². The summed E-state index contributed by atoms with van der Waals surface area (Å²) in [5, 5.41) is 7.09. The van der Waals surface area contributed by atoms with Crippen molar-refractivity contribution < 1.29 is 18.0 Å². The van der Waals surface area contributed by atoms with Gasteiger partial charge in [0.15, 0.2) is 0 Å². The molecule has 0 aliphatic carbocycles. The molecule has 0 aliphatic heterocycles. The van der Waals surface area contributed by atoms with Gasteiger partial charge in [-0.3, -0.25) is 13.9 Å². The Bertz CT molecular complexity index is 1090. The van der Waals surface area contributed by atoms with E-state index in [4.69, 9.17) is 23.2 Å². The third-order valence-corrected chi connectivity index (χ3v) is 5.73. The average Bonchev–Trinajstić information content (AvgIpc) is 2.65. The molecule has 0 aromatic heterocycles. The van der Waals surface area contributed by atoms with Crippen molar-refractivity contribution in [2.24, 2.45) is 5.10 Å². The highest BCUT2D eigenvalue weighted by molar-refractivity contribution is 7.92. The third kappa shape index (κ3) is 6.72. The predicted molar refractivity (Wildman–Crippen MR) is 120 cm³/mol. The Kier molecular flexibility index (Phi) is 7.83. The fourth-order valence-electron chi connectivity index (χ4n) is 2.41. The van der Waals surface area contributed by atoms with Crippen molar-refractivity contribution in [2.75, 3.05) is 22.4 Å². The second-order valence-electron chi connectivity index (χ2n) is 6.36. The van der Waals surface area contributed by atoms with Crippen molar-refractivity contribution >= 4 is 62.1 Å². The van der Waals surface area contributed by atoms with Crippen molar-refractivity contribution in [3.8, 4) is 0 Å². The number of nitrogens with one attached hydrogen (secondary N) is 2. The first-order valence-corrected chi connectivity index (χ1v) is 11.2. The van der Waals surface area contributed by atoms with E-state index in [-0.39, 0.29) is 21.6 Å². The number of sulfonamides is 1. The smallest absolute Gasteiger partial charge is 0.260 e. The van der Waals surface area contributed by atoms with Gasteiger partial charge in [-0.1, -0.05) is 35.3 Å². The number of anilines is 2. The predicted octanol–water partition coefficient (Wildman–Crippen LogP) is 3.26. The summed E-state index contributed by atoms with van der Waals surface area (Å²) in [4.78, 5) is 23.4. The number of carbonyl (C=O) groups is 2. The zero-order valence-corrected chi connectivity index (χ0v) is 18.8. The van der Waals surface area contributed by atoms with Gasteiger partial charge < -0.3 is 5.32 Å². The van der Waals surface area contributed by atoms with Gasteiger partial charge in [0, 0.05) is 12.6 Å². The van der Waals surface area contributed by atoms with E-state index in [2.05, 4.69) is 15.8 Å². The van der Waals surface area contributed by atoms with Crippen LogP contribution >= 0.6 is 23.2 Å². The molecular weight excluding hydrogens is 451 g/mol. The number of nitrogens with zero attached hydrogens (tertiary/aromatic N) is 2. The topological polar surface area (TPSA) is 108 Å². The third-order valence-electron chi connectivity index (χ3n) is 3.85. The SMILES string of the molecule is CC(=O)Nc1ccc(C(C)=NNC(=O)CN(c2ccc(Cl)c(Cl)c2)S(C)(=O)=O)cc1. The van der Waals surface area contributed by atoms with Gasteiger partial charge in [-0.25, -0.2) is 13.8 Å². The number of hydrogen-bond acceptors (Lipinski definition) is 5. The van der Waals surface area contributed by atoms with E-state index in [1.807, 2.05) is 0 Å². The van der Waals surface area contributed by atoms with E-state index in [1.165, 1.54) is 25.1 Å². The van der Waals surface area contributed by atoms with E-state index in [0.29, 0.717) is 17.0 Å². The number of hydrogen-bond donors (Lipinski definition) is 2. The van der Waals surface area contributed by atoms with E-state index in [1.54, 1.807) is 31.2 Å². The molecule has 0 spiro atoms. The van der Waals surface area contributed by atoms with Crippen LogP contribution in [0, 0.1) is 0 Å². The quantitative estimate of drug-likeness (QED) is 0.477. The van der Waals surface area contributed by atoms with Crippen LogP contribution in [0.3, 0.4) is 0 Å². The summed E-state index contributed by atoms with van der Waals surface area (Å²) in [5.74, 6) is -0.821. The molecule has 0 saturated heterocycles. The van der Waals surface area contributed by atoms with Crippen molar-refractivity contribution in [3.63, 3.8) is 0 Å². The summed E-state index contributed by atoms with van der Waals surface area (Å²) in [7, 11) is -3.76. The van der Waals surface area contributed by atoms with Crippen LogP contribution in [0.4, 0.5) is 11.4 Å². The van der Waals surface area contributed by atoms with Crippen LogP contribution in [-0.2, 0) is 19.6 Å². The monoisotopic (exact) mass is 470 g/mol. The standard InChI is InChI=1S/C19H20Cl2N4O4S/c1-12(14-4-6-15(7-5-14)22-13(2)26)23-24-19(27)11-25(30(3,28)29)16-8-9-17(20)18(21)10-16/h4-10H,11H2,1-3H3,(H,22,26)(H,24,27). The second-order valence-corrected chi connectivity index (χ2v) is 9.08. The molecule has 0 heterocycles. The Hall–Kier alpha value is -2.62. The summed E-state index contributed by atoms with van der Waals surface area (Å²) in [6.45, 7) is 2.60. The maximum Gasteiger partial charge on any atom is 0.260 e. The average molecular weight is 471 g/mol. The molecule has 0 atom stereocenters. The first-order chi connectivity index (χ1) is 14.0. The summed E-state index contributed by atoms with van der Waals surface area (Å²) in [6.07, 6.45) is 0.980. The summed E-state index contributed by atoms with van der Waals surface area (Å²) in [6, 6.07) is 11.1. The number of amides is 2. The summed E-state index contributed by atoms with van der Waals surface area (Å²) in [5.41, 5.74) is 4.39. The highest BCUT2D eigenvalue weighted by Crippen LogP contribution is 2.28. The Balaban J connectivity index is 2.11. The number of halogens is 2. The fourth-order valence-corrected chi connectivity index (χ4v) is 3.56. The first-order valence-electron chi connectivity index (χ1n) is 8.61. The lowest BCUT2D eigenvalue weighted by Crippen LogP contribution is -2.39. The largest absolute Gasteiger partial charge is 0.326 e. The maximum absolute atomic E-state index is 12.3. The van der Waals surface area contributed by atoms with Gasteiger partial charge in [-0.05, 0) is 42.8 Å². The van der Waals surface area contributed by atoms with Crippen LogP contribution in [0.1, 0.15) is 19.4 Å². The lowest BCUT2D eigenvalue weighted by atomic mass is 10.1. The molecule has 0 bridgehead atoms. The Morgan fingerprint density at radius 3 is 2.20 bits per heavy atom. The molecule has 2 aromatic rings. The highest BCUT2D eigenvalue weighted by Gasteiger charge is 2.21. The lowest BCUT2D eigenvalue weighted by molar-refractivity contribution is -0.119. The van der Waals surface area contributed by atoms with Gasteiger partial charge in [0.05, 0.1) is 27.7 Å². The lowest BCUT2D eigenvalue weighted by Gasteiger charge is -2.21.